The summed E-state index contributed by atoms with van der Waals surface area (Å²) in [6.07, 6.45) is 5.07. The molecule has 1 aliphatic heterocycles. The molecule has 2 N–H and O–H groups in total. The monoisotopic (exact) mass is 234 g/mol. The fourth-order valence-electron chi connectivity index (χ4n) is 2.43. The first-order chi connectivity index (χ1) is 8.27. The van der Waals surface area contributed by atoms with Crippen LogP contribution in [-0.4, -0.2) is 31.1 Å². The summed E-state index contributed by atoms with van der Waals surface area (Å²) >= 11 is 0. The molecule has 1 fully saturated rings. The number of hydrogen-bond donors (Lipinski definition) is 1. The van der Waals surface area contributed by atoms with Gasteiger partial charge in [0.2, 0.25) is 0 Å². The van der Waals surface area contributed by atoms with Gasteiger partial charge in [0.1, 0.15) is 5.75 Å². The molecule has 94 valence electrons. The number of hydrogen-bond acceptors (Lipinski definition) is 3. The predicted molar refractivity (Wildman–Crippen MR) is 71.2 cm³/mol. The molecule has 0 saturated carbocycles. The van der Waals surface area contributed by atoms with Crippen LogP contribution in [-0.2, 0) is 0 Å². The second-order valence-electron chi connectivity index (χ2n) is 4.81. The first-order valence-corrected chi connectivity index (χ1v) is 6.45. The molecular weight excluding hydrogens is 212 g/mol. The molecule has 1 aromatic rings. The molecule has 1 heterocycles. The summed E-state index contributed by atoms with van der Waals surface area (Å²) < 4.78 is 5.74. The van der Waals surface area contributed by atoms with Gasteiger partial charge >= 0.3 is 0 Å². The van der Waals surface area contributed by atoms with Crippen LogP contribution in [0.2, 0.25) is 0 Å². The Balaban J connectivity index is 1.77. The first kappa shape index (κ1) is 12.2. The topological polar surface area (TPSA) is 38.5 Å². The molecular formula is C14H22N2O. The van der Waals surface area contributed by atoms with E-state index in [0.29, 0.717) is 6.04 Å². The van der Waals surface area contributed by atoms with Crippen LogP contribution in [0.5, 0.6) is 5.75 Å². The number of rotatable bonds is 4. The summed E-state index contributed by atoms with van der Waals surface area (Å²) in [6.45, 7) is 1.97. The minimum Gasteiger partial charge on any atom is -0.491 e. The standard InChI is InChI=1S/C14H22N2O/c1-16-10-5-4-6-12(16)9-11-17-14-8-3-2-7-13(14)15/h2-3,7-8,12H,4-6,9-11,15H2,1H3. The largest absolute Gasteiger partial charge is 0.491 e. The quantitative estimate of drug-likeness (QED) is 0.814. The van der Waals surface area contributed by atoms with E-state index in [4.69, 9.17) is 10.5 Å². The highest BCUT2D eigenvalue weighted by atomic mass is 16.5. The van der Waals surface area contributed by atoms with Gasteiger partial charge in [-0.05, 0) is 45.0 Å². The fraction of sp³-hybridized carbons (Fsp3) is 0.571. The summed E-state index contributed by atoms with van der Waals surface area (Å²) in [7, 11) is 2.21. The van der Waals surface area contributed by atoms with E-state index in [-0.39, 0.29) is 0 Å². The maximum absolute atomic E-state index is 5.83. The predicted octanol–water partition coefficient (Wildman–Crippen LogP) is 2.52. The molecule has 0 amide bonds. The van der Waals surface area contributed by atoms with Crippen LogP contribution in [0.25, 0.3) is 0 Å². The van der Waals surface area contributed by atoms with E-state index in [1.165, 1.54) is 25.8 Å². The molecule has 1 atom stereocenters. The van der Waals surface area contributed by atoms with Crippen molar-refractivity contribution >= 4 is 5.69 Å². The second kappa shape index (κ2) is 5.92. The molecule has 17 heavy (non-hydrogen) atoms. The number of nitrogen functional groups attached to an aromatic ring is 1. The third kappa shape index (κ3) is 3.37. The van der Waals surface area contributed by atoms with Crippen molar-refractivity contribution in [2.24, 2.45) is 0 Å². The number of nitrogens with two attached hydrogens (primary N) is 1. The van der Waals surface area contributed by atoms with Crippen molar-refractivity contribution in [2.75, 3.05) is 25.9 Å². The van der Waals surface area contributed by atoms with E-state index < -0.39 is 0 Å². The highest BCUT2D eigenvalue weighted by molar-refractivity contribution is 5.51. The summed E-state index contributed by atoms with van der Waals surface area (Å²) in [5, 5.41) is 0. The number of likely N-dealkylation sites (tertiary alicyclic amines) is 1. The van der Waals surface area contributed by atoms with E-state index in [1.54, 1.807) is 0 Å². The fourth-order valence-corrected chi connectivity index (χ4v) is 2.43. The van der Waals surface area contributed by atoms with Gasteiger partial charge in [0.05, 0.1) is 12.3 Å². The molecule has 3 heteroatoms. The van der Waals surface area contributed by atoms with Crippen molar-refractivity contribution in [2.45, 2.75) is 31.7 Å². The van der Waals surface area contributed by atoms with Gasteiger partial charge in [-0.25, -0.2) is 0 Å². The highest BCUT2D eigenvalue weighted by Crippen LogP contribution is 2.22. The summed E-state index contributed by atoms with van der Waals surface area (Å²) in [4.78, 5) is 2.45. The van der Waals surface area contributed by atoms with Gasteiger partial charge in [-0.1, -0.05) is 18.6 Å². The van der Waals surface area contributed by atoms with Crippen LogP contribution in [0.15, 0.2) is 24.3 Å². The van der Waals surface area contributed by atoms with Crippen LogP contribution in [0.4, 0.5) is 5.69 Å². The maximum atomic E-state index is 5.83. The van der Waals surface area contributed by atoms with Crippen LogP contribution >= 0.6 is 0 Å². The van der Waals surface area contributed by atoms with Gasteiger partial charge in [-0.15, -0.1) is 0 Å². The zero-order valence-electron chi connectivity index (χ0n) is 10.6. The zero-order chi connectivity index (χ0) is 12.1. The normalized spacial score (nSPS) is 21.4. The van der Waals surface area contributed by atoms with Crippen molar-refractivity contribution in [3.63, 3.8) is 0 Å². The molecule has 1 aliphatic rings. The minimum absolute atomic E-state index is 0.675. The van der Waals surface area contributed by atoms with Crippen LogP contribution in [0.1, 0.15) is 25.7 Å². The average molecular weight is 234 g/mol. The zero-order valence-corrected chi connectivity index (χ0v) is 10.6. The Bertz CT molecular complexity index is 354. The van der Waals surface area contributed by atoms with Gasteiger partial charge in [0, 0.05) is 6.04 Å². The number of para-hydroxylation sites is 2. The van der Waals surface area contributed by atoms with E-state index in [0.717, 1.165) is 24.5 Å². The number of nitrogens with zero attached hydrogens (tertiary/aromatic N) is 1. The molecule has 0 aromatic heterocycles. The maximum Gasteiger partial charge on any atom is 0.142 e. The van der Waals surface area contributed by atoms with Crippen molar-refractivity contribution in [1.82, 2.24) is 4.90 Å². The number of ether oxygens (including phenoxy) is 1. The lowest BCUT2D eigenvalue weighted by Gasteiger charge is -2.32. The SMILES string of the molecule is CN1CCCCC1CCOc1ccccc1N. The first-order valence-electron chi connectivity index (χ1n) is 6.45. The third-order valence-corrected chi connectivity index (χ3v) is 3.55. The molecule has 0 aliphatic carbocycles. The van der Waals surface area contributed by atoms with E-state index in [2.05, 4.69) is 11.9 Å². The van der Waals surface area contributed by atoms with Crippen molar-refractivity contribution in [3.05, 3.63) is 24.3 Å². The molecule has 2 rings (SSSR count). The lowest BCUT2D eigenvalue weighted by molar-refractivity contribution is 0.153. The van der Waals surface area contributed by atoms with Crippen molar-refractivity contribution in [1.29, 1.82) is 0 Å². The van der Waals surface area contributed by atoms with E-state index in [9.17, 15) is 0 Å². The lowest BCUT2D eigenvalue weighted by atomic mass is 10.0. The summed E-state index contributed by atoms with van der Waals surface area (Å²) in [5.74, 6) is 0.811. The molecule has 0 spiro atoms. The Morgan fingerprint density at radius 2 is 2.18 bits per heavy atom. The third-order valence-electron chi connectivity index (χ3n) is 3.55. The van der Waals surface area contributed by atoms with Crippen molar-refractivity contribution in [3.8, 4) is 5.75 Å². The Morgan fingerprint density at radius 1 is 1.35 bits per heavy atom. The molecule has 1 unspecified atom stereocenters. The Labute approximate surface area is 104 Å². The summed E-state index contributed by atoms with van der Waals surface area (Å²) in [6, 6.07) is 8.37. The Kier molecular flexibility index (Phi) is 4.26. The lowest BCUT2D eigenvalue weighted by Crippen LogP contribution is -2.37. The Morgan fingerprint density at radius 3 is 2.94 bits per heavy atom. The van der Waals surface area contributed by atoms with E-state index >= 15 is 0 Å². The smallest absolute Gasteiger partial charge is 0.142 e. The Hall–Kier alpha value is -1.22. The molecule has 0 radical (unpaired) electrons. The molecule has 3 nitrogen and oxygen atoms in total. The van der Waals surface area contributed by atoms with Gasteiger partial charge < -0.3 is 15.4 Å². The van der Waals surface area contributed by atoms with Crippen LogP contribution < -0.4 is 10.5 Å². The molecule has 0 bridgehead atoms. The molecule has 1 aromatic carbocycles. The highest BCUT2D eigenvalue weighted by Gasteiger charge is 2.18. The summed E-state index contributed by atoms with van der Waals surface area (Å²) in [5.41, 5.74) is 6.56. The van der Waals surface area contributed by atoms with E-state index in [1.807, 2.05) is 24.3 Å². The number of benzene rings is 1. The number of anilines is 1. The van der Waals surface area contributed by atoms with Gasteiger partial charge in [-0.2, -0.15) is 0 Å². The van der Waals surface area contributed by atoms with Crippen LogP contribution in [0, 0.1) is 0 Å². The molecule has 1 saturated heterocycles. The minimum atomic E-state index is 0.675. The average Bonchev–Trinajstić information content (AvgIpc) is 2.34. The van der Waals surface area contributed by atoms with Gasteiger partial charge in [0.15, 0.2) is 0 Å². The van der Waals surface area contributed by atoms with Crippen molar-refractivity contribution < 1.29 is 4.74 Å². The number of piperidine rings is 1. The van der Waals surface area contributed by atoms with Gasteiger partial charge in [-0.3, -0.25) is 0 Å². The van der Waals surface area contributed by atoms with Gasteiger partial charge in [0.25, 0.3) is 0 Å². The van der Waals surface area contributed by atoms with Crippen LogP contribution in [0.3, 0.4) is 0 Å². The second-order valence-corrected chi connectivity index (χ2v) is 4.81.